The molecule has 1 aromatic heterocycles. The summed E-state index contributed by atoms with van der Waals surface area (Å²) in [5.74, 6) is 0.504. The molecular weight excluding hydrogens is 192 g/mol. The third kappa shape index (κ3) is 2.83. The van der Waals surface area contributed by atoms with Gasteiger partial charge in [-0.2, -0.15) is 5.26 Å². The predicted molar refractivity (Wildman–Crippen MR) is 60.1 cm³/mol. The third-order valence-corrected chi connectivity index (χ3v) is 3.09. The summed E-state index contributed by atoms with van der Waals surface area (Å²) in [7, 11) is 0. The molecule has 0 fully saturated rings. The molecule has 0 aliphatic heterocycles. The molecule has 1 aromatic rings. The Balaban J connectivity index is 2.72. The summed E-state index contributed by atoms with van der Waals surface area (Å²) >= 11 is 1.74. The summed E-state index contributed by atoms with van der Waals surface area (Å²) < 4.78 is 0. The van der Waals surface area contributed by atoms with Crippen molar-refractivity contribution >= 4 is 11.3 Å². The van der Waals surface area contributed by atoms with Gasteiger partial charge in [0, 0.05) is 10.9 Å². The first kappa shape index (κ1) is 11.2. The number of thiophene rings is 1. The van der Waals surface area contributed by atoms with Crippen LogP contribution < -0.4 is 5.32 Å². The van der Waals surface area contributed by atoms with E-state index >= 15 is 0 Å². The van der Waals surface area contributed by atoms with Crippen molar-refractivity contribution < 1.29 is 0 Å². The van der Waals surface area contributed by atoms with Gasteiger partial charge < -0.3 is 0 Å². The van der Waals surface area contributed by atoms with Gasteiger partial charge in [0.15, 0.2) is 0 Å². The molecule has 0 aromatic carbocycles. The zero-order valence-electron chi connectivity index (χ0n) is 8.82. The third-order valence-electron chi connectivity index (χ3n) is 2.14. The fourth-order valence-corrected chi connectivity index (χ4v) is 2.34. The first-order valence-corrected chi connectivity index (χ1v) is 5.72. The Morgan fingerprint density at radius 1 is 1.43 bits per heavy atom. The van der Waals surface area contributed by atoms with E-state index in [4.69, 9.17) is 5.26 Å². The van der Waals surface area contributed by atoms with Crippen molar-refractivity contribution in [1.29, 1.82) is 5.26 Å². The second-order valence-corrected chi connectivity index (χ2v) is 4.73. The van der Waals surface area contributed by atoms with E-state index in [1.165, 1.54) is 4.88 Å². The quantitative estimate of drug-likeness (QED) is 0.825. The first-order valence-electron chi connectivity index (χ1n) is 4.84. The minimum Gasteiger partial charge on any atom is -0.294 e. The van der Waals surface area contributed by atoms with Gasteiger partial charge >= 0.3 is 0 Å². The Morgan fingerprint density at radius 2 is 2.14 bits per heavy atom. The lowest BCUT2D eigenvalue weighted by molar-refractivity contribution is 0.403. The molecular formula is C11H16N2S. The average molecular weight is 208 g/mol. The van der Waals surface area contributed by atoms with Gasteiger partial charge in [-0.1, -0.05) is 19.9 Å². The molecule has 14 heavy (non-hydrogen) atoms. The van der Waals surface area contributed by atoms with Crippen LogP contribution in [-0.4, -0.2) is 6.04 Å². The van der Waals surface area contributed by atoms with Gasteiger partial charge in [0.2, 0.25) is 0 Å². The van der Waals surface area contributed by atoms with Crippen LogP contribution in [0.5, 0.6) is 0 Å². The molecule has 1 N–H and O–H groups in total. The molecule has 0 amide bonds. The van der Waals surface area contributed by atoms with Gasteiger partial charge in [-0.05, 0) is 24.3 Å². The summed E-state index contributed by atoms with van der Waals surface area (Å²) in [6, 6.07) is 6.58. The van der Waals surface area contributed by atoms with Crippen LogP contribution in [0.15, 0.2) is 17.5 Å². The fraction of sp³-hybridized carbons (Fsp3) is 0.545. The molecule has 0 bridgehead atoms. The SMILES string of the molecule is CC(C#N)NC(c1cccs1)C(C)C. The summed E-state index contributed by atoms with van der Waals surface area (Å²) in [5, 5.41) is 14.1. The Morgan fingerprint density at radius 3 is 2.57 bits per heavy atom. The normalized spacial score (nSPS) is 15.1. The van der Waals surface area contributed by atoms with Gasteiger partial charge in [0.1, 0.15) is 0 Å². The Hall–Kier alpha value is -0.850. The van der Waals surface area contributed by atoms with Crippen molar-refractivity contribution in [2.24, 2.45) is 5.92 Å². The molecule has 0 aliphatic rings. The largest absolute Gasteiger partial charge is 0.294 e. The van der Waals surface area contributed by atoms with Crippen LogP contribution in [0, 0.1) is 17.2 Å². The monoisotopic (exact) mass is 208 g/mol. The smallest absolute Gasteiger partial charge is 0.0929 e. The zero-order valence-corrected chi connectivity index (χ0v) is 9.64. The van der Waals surface area contributed by atoms with Crippen molar-refractivity contribution in [3.05, 3.63) is 22.4 Å². The van der Waals surface area contributed by atoms with Crippen LogP contribution >= 0.6 is 11.3 Å². The lowest BCUT2D eigenvalue weighted by atomic mass is 10.0. The zero-order chi connectivity index (χ0) is 10.6. The number of nitriles is 1. The van der Waals surface area contributed by atoms with E-state index in [2.05, 4.69) is 36.7 Å². The molecule has 2 unspecified atom stereocenters. The highest BCUT2D eigenvalue weighted by molar-refractivity contribution is 7.10. The molecule has 0 spiro atoms. The number of nitrogens with zero attached hydrogens (tertiary/aromatic N) is 1. The molecule has 1 rings (SSSR count). The Bertz CT molecular complexity index is 298. The summed E-state index contributed by atoms with van der Waals surface area (Å²) in [6.45, 7) is 6.23. The lowest BCUT2D eigenvalue weighted by Crippen LogP contribution is -2.31. The van der Waals surface area contributed by atoms with Crippen LogP contribution in [0.2, 0.25) is 0 Å². The van der Waals surface area contributed by atoms with Crippen LogP contribution in [0.4, 0.5) is 0 Å². The molecule has 76 valence electrons. The van der Waals surface area contributed by atoms with Gasteiger partial charge in [0.05, 0.1) is 12.1 Å². The highest BCUT2D eigenvalue weighted by atomic mass is 32.1. The van der Waals surface area contributed by atoms with Crippen LogP contribution in [0.3, 0.4) is 0 Å². The lowest BCUT2D eigenvalue weighted by Gasteiger charge is -2.22. The highest BCUT2D eigenvalue weighted by Crippen LogP contribution is 2.25. The second-order valence-electron chi connectivity index (χ2n) is 3.75. The van der Waals surface area contributed by atoms with Gasteiger partial charge in [-0.15, -0.1) is 11.3 Å². The van der Waals surface area contributed by atoms with Gasteiger partial charge in [-0.3, -0.25) is 5.32 Å². The van der Waals surface area contributed by atoms with Crippen LogP contribution in [-0.2, 0) is 0 Å². The first-order chi connectivity index (χ1) is 6.65. The standard InChI is InChI=1S/C11H16N2S/c1-8(2)11(13-9(3)7-12)10-5-4-6-14-10/h4-6,8-9,11,13H,1-3H3. The molecule has 0 saturated heterocycles. The second kappa shape index (κ2) is 5.14. The van der Waals surface area contributed by atoms with Crippen molar-refractivity contribution in [2.45, 2.75) is 32.9 Å². The maximum absolute atomic E-state index is 8.75. The Labute approximate surface area is 89.6 Å². The van der Waals surface area contributed by atoms with Crippen molar-refractivity contribution in [3.63, 3.8) is 0 Å². The van der Waals surface area contributed by atoms with E-state index in [0.717, 1.165) is 0 Å². The number of rotatable bonds is 4. The molecule has 0 aliphatic carbocycles. The predicted octanol–water partition coefficient (Wildman–Crippen LogP) is 2.95. The molecule has 2 nitrogen and oxygen atoms in total. The van der Waals surface area contributed by atoms with Crippen LogP contribution in [0.1, 0.15) is 31.7 Å². The van der Waals surface area contributed by atoms with Crippen molar-refractivity contribution in [1.82, 2.24) is 5.32 Å². The summed E-state index contributed by atoms with van der Waals surface area (Å²) in [5.41, 5.74) is 0. The maximum atomic E-state index is 8.75. The Kier molecular flexibility index (Phi) is 4.12. The molecule has 0 radical (unpaired) electrons. The van der Waals surface area contributed by atoms with Crippen molar-refractivity contribution in [2.75, 3.05) is 0 Å². The van der Waals surface area contributed by atoms with E-state index in [1.807, 2.05) is 13.0 Å². The summed E-state index contributed by atoms with van der Waals surface area (Å²) in [6.07, 6.45) is 0. The number of hydrogen-bond donors (Lipinski definition) is 1. The molecule has 0 saturated carbocycles. The maximum Gasteiger partial charge on any atom is 0.0929 e. The van der Waals surface area contributed by atoms with Crippen molar-refractivity contribution in [3.8, 4) is 6.07 Å². The van der Waals surface area contributed by atoms with Gasteiger partial charge in [-0.25, -0.2) is 0 Å². The average Bonchev–Trinajstić information content (AvgIpc) is 2.65. The molecule has 2 atom stereocenters. The van der Waals surface area contributed by atoms with E-state index in [1.54, 1.807) is 11.3 Å². The highest BCUT2D eigenvalue weighted by Gasteiger charge is 2.18. The molecule has 1 heterocycles. The fourth-order valence-electron chi connectivity index (χ4n) is 1.38. The molecule has 3 heteroatoms. The minimum atomic E-state index is -0.0931. The summed E-state index contributed by atoms with van der Waals surface area (Å²) in [4.78, 5) is 1.31. The van der Waals surface area contributed by atoms with E-state index in [0.29, 0.717) is 12.0 Å². The number of hydrogen-bond acceptors (Lipinski definition) is 3. The van der Waals surface area contributed by atoms with E-state index in [-0.39, 0.29) is 6.04 Å². The van der Waals surface area contributed by atoms with E-state index < -0.39 is 0 Å². The minimum absolute atomic E-state index is 0.0931. The van der Waals surface area contributed by atoms with E-state index in [9.17, 15) is 0 Å². The topological polar surface area (TPSA) is 35.8 Å². The van der Waals surface area contributed by atoms with Gasteiger partial charge in [0.25, 0.3) is 0 Å². The van der Waals surface area contributed by atoms with Crippen LogP contribution in [0.25, 0.3) is 0 Å². The number of nitrogens with one attached hydrogen (secondary N) is 1.